The Labute approximate surface area is 115 Å². The van der Waals surface area contributed by atoms with Gasteiger partial charge in [0.2, 0.25) is 0 Å². The number of nitrogens with zero attached hydrogens (tertiary/aromatic N) is 1. The van der Waals surface area contributed by atoms with E-state index in [9.17, 15) is 4.79 Å². The number of amides is 1. The van der Waals surface area contributed by atoms with E-state index in [1.165, 1.54) is 11.3 Å². The molecule has 5 nitrogen and oxygen atoms in total. The molecule has 1 heterocycles. The number of nitrogens with one attached hydrogen (secondary N) is 1. The van der Waals surface area contributed by atoms with Crippen molar-refractivity contribution < 1.29 is 4.79 Å². The number of rotatable bonds is 4. The molecule has 5 N–H and O–H groups in total. The number of benzene rings is 1. The highest BCUT2D eigenvalue weighted by molar-refractivity contribution is 7.09. The molecule has 0 spiro atoms. The summed E-state index contributed by atoms with van der Waals surface area (Å²) in [5, 5.41) is 5.72. The highest BCUT2D eigenvalue weighted by Gasteiger charge is 2.17. The average Bonchev–Trinajstić information content (AvgIpc) is 2.89. The first-order valence-corrected chi connectivity index (χ1v) is 6.85. The number of carbonyl (C=O) groups excluding carboxylic acids is 1. The Hall–Kier alpha value is -2.08. The number of thiazole rings is 1. The number of nitrogens with two attached hydrogens (primary N) is 2. The minimum absolute atomic E-state index is 0.0931. The fourth-order valence-corrected chi connectivity index (χ4v) is 2.54. The molecule has 0 saturated heterocycles. The third-order valence-electron chi connectivity index (χ3n) is 2.78. The SMILES string of the molecule is CCC(NC(=O)c1ccc(N)cc1N)c1nccs1. The second kappa shape index (κ2) is 5.71. The van der Waals surface area contributed by atoms with Gasteiger partial charge in [0.1, 0.15) is 5.01 Å². The molecule has 1 unspecified atom stereocenters. The van der Waals surface area contributed by atoms with Gasteiger partial charge >= 0.3 is 0 Å². The first-order chi connectivity index (χ1) is 9.11. The van der Waals surface area contributed by atoms with Gasteiger partial charge in [-0.3, -0.25) is 4.79 Å². The van der Waals surface area contributed by atoms with E-state index in [0.717, 1.165) is 11.4 Å². The number of aromatic nitrogens is 1. The lowest BCUT2D eigenvalue weighted by Gasteiger charge is -2.15. The third-order valence-corrected chi connectivity index (χ3v) is 3.67. The number of anilines is 2. The number of hydrogen-bond acceptors (Lipinski definition) is 5. The van der Waals surface area contributed by atoms with Crippen molar-refractivity contribution in [2.24, 2.45) is 0 Å². The molecule has 1 aromatic carbocycles. The lowest BCUT2D eigenvalue weighted by Crippen LogP contribution is -2.28. The Kier molecular flexibility index (Phi) is 4.01. The highest BCUT2D eigenvalue weighted by atomic mass is 32.1. The van der Waals surface area contributed by atoms with Crippen LogP contribution in [0.3, 0.4) is 0 Å². The van der Waals surface area contributed by atoms with E-state index in [1.807, 2.05) is 12.3 Å². The van der Waals surface area contributed by atoms with E-state index in [4.69, 9.17) is 11.5 Å². The summed E-state index contributed by atoms with van der Waals surface area (Å²) in [6.07, 6.45) is 2.50. The van der Waals surface area contributed by atoms with Crippen LogP contribution in [0.25, 0.3) is 0 Å². The molecule has 2 aromatic rings. The summed E-state index contributed by atoms with van der Waals surface area (Å²) in [5.41, 5.74) is 12.8. The Balaban J connectivity index is 2.16. The van der Waals surface area contributed by atoms with Crippen LogP contribution in [0.5, 0.6) is 0 Å². The monoisotopic (exact) mass is 276 g/mol. The molecule has 0 aliphatic heterocycles. The molecule has 19 heavy (non-hydrogen) atoms. The fourth-order valence-electron chi connectivity index (χ4n) is 1.77. The second-order valence-electron chi connectivity index (χ2n) is 4.15. The molecule has 1 amide bonds. The van der Waals surface area contributed by atoms with Crippen LogP contribution in [0.4, 0.5) is 11.4 Å². The van der Waals surface area contributed by atoms with Crippen molar-refractivity contribution in [3.8, 4) is 0 Å². The van der Waals surface area contributed by atoms with Crippen molar-refractivity contribution in [2.75, 3.05) is 11.5 Å². The van der Waals surface area contributed by atoms with Crippen molar-refractivity contribution in [1.82, 2.24) is 10.3 Å². The van der Waals surface area contributed by atoms with Crippen LogP contribution < -0.4 is 16.8 Å². The van der Waals surface area contributed by atoms with Gasteiger partial charge in [0.25, 0.3) is 5.91 Å². The van der Waals surface area contributed by atoms with Gasteiger partial charge in [-0.1, -0.05) is 6.92 Å². The van der Waals surface area contributed by atoms with Crippen LogP contribution in [0.2, 0.25) is 0 Å². The molecule has 0 bridgehead atoms. The van der Waals surface area contributed by atoms with E-state index < -0.39 is 0 Å². The van der Waals surface area contributed by atoms with Gasteiger partial charge in [-0.2, -0.15) is 0 Å². The standard InChI is InChI=1S/C13H16N4OS/c1-2-11(13-16-5-6-19-13)17-12(18)9-4-3-8(14)7-10(9)15/h3-7,11H,2,14-15H2,1H3,(H,17,18). The van der Waals surface area contributed by atoms with Crippen molar-refractivity contribution in [3.05, 3.63) is 40.3 Å². The second-order valence-corrected chi connectivity index (χ2v) is 5.08. The van der Waals surface area contributed by atoms with Crippen LogP contribution in [0.1, 0.15) is 34.8 Å². The first kappa shape index (κ1) is 13.4. The molecule has 100 valence electrons. The molecular weight excluding hydrogens is 260 g/mol. The summed E-state index contributed by atoms with van der Waals surface area (Å²) in [6.45, 7) is 2.00. The summed E-state index contributed by atoms with van der Waals surface area (Å²) < 4.78 is 0. The van der Waals surface area contributed by atoms with E-state index in [1.54, 1.807) is 24.4 Å². The van der Waals surface area contributed by atoms with E-state index in [0.29, 0.717) is 16.9 Å². The maximum Gasteiger partial charge on any atom is 0.253 e. The minimum Gasteiger partial charge on any atom is -0.399 e. The maximum atomic E-state index is 12.2. The van der Waals surface area contributed by atoms with Crippen LogP contribution >= 0.6 is 11.3 Å². The average molecular weight is 276 g/mol. The summed E-state index contributed by atoms with van der Waals surface area (Å²) in [4.78, 5) is 16.4. The van der Waals surface area contributed by atoms with E-state index >= 15 is 0 Å². The number of nitrogen functional groups attached to an aromatic ring is 2. The normalized spacial score (nSPS) is 12.1. The van der Waals surface area contributed by atoms with Crippen LogP contribution in [0.15, 0.2) is 29.8 Å². The van der Waals surface area contributed by atoms with Gasteiger partial charge in [-0.05, 0) is 24.6 Å². The predicted octanol–water partition coefficient (Wildman–Crippen LogP) is 2.19. The Morgan fingerprint density at radius 2 is 2.26 bits per heavy atom. The quantitative estimate of drug-likeness (QED) is 0.746. The van der Waals surface area contributed by atoms with Crippen LogP contribution in [0, 0.1) is 0 Å². The molecular formula is C13H16N4OS. The molecule has 1 atom stereocenters. The Morgan fingerprint density at radius 3 is 2.84 bits per heavy atom. The summed E-state index contributed by atoms with van der Waals surface area (Å²) in [6, 6.07) is 4.79. The Bertz CT molecular complexity index is 568. The number of hydrogen-bond donors (Lipinski definition) is 3. The summed E-state index contributed by atoms with van der Waals surface area (Å²) in [5.74, 6) is -0.209. The topological polar surface area (TPSA) is 94.0 Å². The van der Waals surface area contributed by atoms with Gasteiger partial charge in [0.05, 0.1) is 11.6 Å². The smallest absolute Gasteiger partial charge is 0.253 e. The van der Waals surface area contributed by atoms with Crippen LogP contribution in [-0.4, -0.2) is 10.9 Å². The summed E-state index contributed by atoms with van der Waals surface area (Å²) in [7, 11) is 0. The van der Waals surface area contributed by atoms with Crippen molar-refractivity contribution >= 4 is 28.6 Å². The molecule has 0 aliphatic carbocycles. The van der Waals surface area contributed by atoms with Crippen LogP contribution in [-0.2, 0) is 0 Å². The maximum absolute atomic E-state index is 12.2. The van der Waals surface area contributed by atoms with Gasteiger partial charge in [0.15, 0.2) is 0 Å². The highest BCUT2D eigenvalue weighted by Crippen LogP contribution is 2.21. The van der Waals surface area contributed by atoms with Gasteiger partial charge < -0.3 is 16.8 Å². The van der Waals surface area contributed by atoms with E-state index in [2.05, 4.69) is 10.3 Å². The lowest BCUT2D eigenvalue weighted by atomic mass is 10.1. The lowest BCUT2D eigenvalue weighted by molar-refractivity contribution is 0.0936. The number of carbonyl (C=O) groups is 1. The van der Waals surface area contributed by atoms with Gasteiger partial charge in [0, 0.05) is 23.0 Å². The zero-order chi connectivity index (χ0) is 13.8. The summed E-state index contributed by atoms with van der Waals surface area (Å²) >= 11 is 1.52. The van der Waals surface area contributed by atoms with Gasteiger partial charge in [-0.25, -0.2) is 4.98 Å². The molecule has 1 aromatic heterocycles. The molecule has 0 aliphatic rings. The molecule has 0 saturated carbocycles. The van der Waals surface area contributed by atoms with E-state index in [-0.39, 0.29) is 11.9 Å². The fraction of sp³-hybridized carbons (Fsp3) is 0.231. The first-order valence-electron chi connectivity index (χ1n) is 5.97. The largest absolute Gasteiger partial charge is 0.399 e. The zero-order valence-electron chi connectivity index (χ0n) is 10.6. The minimum atomic E-state index is -0.209. The van der Waals surface area contributed by atoms with Crippen molar-refractivity contribution in [2.45, 2.75) is 19.4 Å². The predicted molar refractivity (Wildman–Crippen MR) is 77.9 cm³/mol. The van der Waals surface area contributed by atoms with Crippen molar-refractivity contribution in [1.29, 1.82) is 0 Å². The van der Waals surface area contributed by atoms with Crippen molar-refractivity contribution in [3.63, 3.8) is 0 Å². The third kappa shape index (κ3) is 3.03. The molecule has 0 fully saturated rings. The molecule has 2 rings (SSSR count). The molecule has 0 radical (unpaired) electrons. The zero-order valence-corrected chi connectivity index (χ0v) is 11.4. The molecule has 6 heteroatoms. The Morgan fingerprint density at radius 1 is 1.47 bits per heavy atom. The van der Waals surface area contributed by atoms with Gasteiger partial charge in [-0.15, -0.1) is 11.3 Å².